The fourth-order valence-electron chi connectivity index (χ4n) is 9.67. The third kappa shape index (κ3) is 9.81. The van der Waals surface area contributed by atoms with Crippen molar-refractivity contribution in [1.82, 2.24) is 35.7 Å². The molecule has 3 aliphatic rings. The van der Waals surface area contributed by atoms with Gasteiger partial charge in [0.2, 0.25) is 29.5 Å². The number of ether oxygens (including phenoxy) is 2. The summed E-state index contributed by atoms with van der Waals surface area (Å²) >= 11 is 0. The maximum absolute atomic E-state index is 13.9. The number of aliphatic hydroxyl groups is 1. The Morgan fingerprint density at radius 3 is 2.20 bits per heavy atom. The van der Waals surface area contributed by atoms with E-state index in [0.29, 0.717) is 36.3 Å². The number of hydrogen-bond donors (Lipinski definition) is 6. The molecule has 2 aromatic heterocycles. The molecule has 19 heteroatoms. The van der Waals surface area contributed by atoms with Gasteiger partial charge in [0.25, 0.3) is 5.56 Å². The van der Waals surface area contributed by atoms with E-state index in [4.69, 9.17) is 20.2 Å². The van der Waals surface area contributed by atoms with Crippen LogP contribution in [0.3, 0.4) is 0 Å². The average Bonchev–Trinajstić information content (AvgIpc) is 3.89. The van der Waals surface area contributed by atoms with Gasteiger partial charge in [-0.25, -0.2) is 14.6 Å². The van der Waals surface area contributed by atoms with Crippen LogP contribution in [0.25, 0.3) is 33.4 Å². The minimum absolute atomic E-state index is 0.0000306. The Kier molecular flexibility index (Phi) is 14.3. The van der Waals surface area contributed by atoms with Crippen molar-refractivity contribution in [2.45, 2.75) is 96.2 Å². The molecule has 0 unspecified atom stereocenters. The molecule has 7 N–H and O–H groups in total. The summed E-state index contributed by atoms with van der Waals surface area (Å²) in [7, 11) is 0. The summed E-state index contributed by atoms with van der Waals surface area (Å²) in [5, 5.41) is 22.1. The second-order valence-corrected chi connectivity index (χ2v) is 18.0. The zero-order chi connectivity index (χ0) is 50.7. The van der Waals surface area contributed by atoms with E-state index in [1.165, 1.54) is 13.8 Å². The second kappa shape index (κ2) is 20.6. The number of esters is 1. The number of para-hydroxylation sites is 1. The van der Waals surface area contributed by atoms with Crippen LogP contribution in [0.4, 0.5) is 4.79 Å². The van der Waals surface area contributed by atoms with Crippen LogP contribution >= 0.6 is 0 Å². The number of aromatic nitrogens is 2. The average molecular weight is 969 g/mol. The van der Waals surface area contributed by atoms with E-state index in [9.17, 15) is 43.5 Å². The number of pyridine rings is 2. The van der Waals surface area contributed by atoms with E-state index in [-0.39, 0.29) is 49.8 Å². The van der Waals surface area contributed by atoms with Crippen molar-refractivity contribution in [2.75, 3.05) is 26.2 Å². The monoisotopic (exact) mass is 968 g/mol. The lowest BCUT2D eigenvalue weighted by molar-refractivity contribution is -0.172. The molecule has 6 amide bonds. The minimum Gasteiger partial charge on any atom is -0.458 e. The van der Waals surface area contributed by atoms with Gasteiger partial charge in [-0.3, -0.25) is 28.8 Å². The largest absolute Gasteiger partial charge is 0.458 e. The number of nitrogens with two attached hydrogens (primary N) is 1. The number of benzene rings is 3. The molecule has 0 saturated carbocycles. The number of primary amides is 1. The molecule has 71 heavy (non-hydrogen) atoms. The number of nitrogens with one attached hydrogen (secondary N) is 4. The molecular formula is C52H56N8O11. The first-order valence-corrected chi connectivity index (χ1v) is 23.7. The standard InChI is InChI=1S/C52H56N8O11/c1-5-20-59(21-19-34-35-17-11-12-18-40(35)57-45-36(34)25-60-42(45)22-39-38(49(60)66)27-70-50(67)52(39,69)6-2)44(62)24-54-48(65)41(23-43(53)61)58-47(64)28(3)55-46(63)29(4)56-51(68)71-26-37-32-15-9-7-13-30(32)31-14-8-10-16-33(31)37/h7-18,22,28-29,37,41,69H,5-6,19-21,23-27H2,1-4H3,(H2,53,61)(H,54,65)(H,55,63)(H,56,68)(H,58,64)/t28-,29-,41-,52-/m0/s1. The quantitative estimate of drug-likeness (QED) is 0.0680. The molecular weight excluding hydrogens is 913 g/mol. The minimum atomic E-state index is -1.99. The van der Waals surface area contributed by atoms with E-state index in [2.05, 4.69) is 21.3 Å². The number of carbonyl (C=O) groups excluding carboxylic acids is 7. The summed E-state index contributed by atoms with van der Waals surface area (Å²) in [6.45, 7) is 6.26. The Morgan fingerprint density at radius 2 is 1.52 bits per heavy atom. The maximum Gasteiger partial charge on any atom is 0.407 e. The predicted octanol–water partition coefficient (Wildman–Crippen LogP) is 2.77. The van der Waals surface area contributed by atoms with E-state index < -0.39 is 83.8 Å². The summed E-state index contributed by atoms with van der Waals surface area (Å²) in [6.07, 6.45) is -0.540. The van der Waals surface area contributed by atoms with Gasteiger partial charge in [0.15, 0.2) is 5.60 Å². The third-order valence-electron chi connectivity index (χ3n) is 13.5. The number of alkyl carbamates (subject to hydrolysis) is 1. The van der Waals surface area contributed by atoms with Crippen molar-refractivity contribution in [1.29, 1.82) is 0 Å². The van der Waals surface area contributed by atoms with Gasteiger partial charge in [-0.1, -0.05) is 80.6 Å². The van der Waals surface area contributed by atoms with Gasteiger partial charge in [0.05, 0.1) is 42.0 Å². The lowest BCUT2D eigenvalue weighted by Crippen LogP contribution is -2.56. The Labute approximate surface area is 408 Å². The smallest absolute Gasteiger partial charge is 0.407 e. The van der Waals surface area contributed by atoms with E-state index in [0.717, 1.165) is 38.8 Å². The highest BCUT2D eigenvalue weighted by atomic mass is 16.6. The van der Waals surface area contributed by atoms with E-state index in [1.807, 2.05) is 79.7 Å². The second-order valence-electron chi connectivity index (χ2n) is 18.0. The molecule has 19 nitrogen and oxygen atoms in total. The molecule has 8 rings (SSSR count). The summed E-state index contributed by atoms with van der Waals surface area (Å²) in [5.41, 5.74) is 10.8. The van der Waals surface area contributed by atoms with Crippen LogP contribution in [0, 0.1) is 0 Å². The molecule has 4 atom stereocenters. The van der Waals surface area contributed by atoms with Crippen LogP contribution in [-0.4, -0.2) is 106 Å². The number of cyclic esters (lactones) is 1. The SMILES string of the molecule is CCCN(CCc1c2c(nc3ccccc13)-c1cc3c(c(=O)n1C2)COC(=O)[C@]3(O)CC)C(=O)CNC(=O)[C@H](CC(N)=O)NC(=O)[C@H](C)NC(=O)[C@H](C)NC(=O)OCC1c2ccccc2-c2ccccc21. The Hall–Kier alpha value is -7.93. The van der Waals surface area contributed by atoms with Gasteiger partial charge in [-0.05, 0) is 73.1 Å². The number of carbonyl (C=O) groups is 7. The Bertz CT molecular complexity index is 3000. The summed E-state index contributed by atoms with van der Waals surface area (Å²) in [6, 6.07) is 21.0. The molecule has 0 saturated heterocycles. The number of amides is 6. The zero-order valence-corrected chi connectivity index (χ0v) is 39.8. The van der Waals surface area contributed by atoms with Crippen LogP contribution in [0.5, 0.6) is 0 Å². The maximum atomic E-state index is 13.9. The number of fused-ring (bicyclic) bond motifs is 8. The summed E-state index contributed by atoms with van der Waals surface area (Å²) in [4.78, 5) is 112. The fraction of sp³-hybridized carbons (Fsp3) is 0.365. The van der Waals surface area contributed by atoms with Gasteiger partial charge in [-0.15, -0.1) is 0 Å². The molecule has 1 aliphatic carbocycles. The van der Waals surface area contributed by atoms with Gasteiger partial charge in [0.1, 0.15) is 31.3 Å². The van der Waals surface area contributed by atoms with Crippen molar-refractivity contribution in [3.8, 4) is 22.5 Å². The van der Waals surface area contributed by atoms with E-state index >= 15 is 0 Å². The highest BCUT2D eigenvalue weighted by Gasteiger charge is 2.45. The summed E-state index contributed by atoms with van der Waals surface area (Å²) < 4.78 is 12.3. The zero-order valence-electron chi connectivity index (χ0n) is 39.8. The number of hydrogen-bond acceptors (Lipinski definition) is 12. The predicted molar refractivity (Wildman–Crippen MR) is 259 cm³/mol. The van der Waals surface area contributed by atoms with Gasteiger partial charge in [-0.2, -0.15) is 0 Å². The fourth-order valence-corrected chi connectivity index (χ4v) is 9.67. The Morgan fingerprint density at radius 1 is 0.873 bits per heavy atom. The van der Waals surface area contributed by atoms with E-state index in [1.54, 1.807) is 22.5 Å². The first-order valence-electron chi connectivity index (χ1n) is 23.7. The van der Waals surface area contributed by atoms with Crippen LogP contribution in [-0.2, 0) is 63.4 Å². The molecule has 5 aromatic rings. The van der Waals surface area contributed by atoms with Crippen LogP contribution in [0.2, 0.25) is 0 Å². The first-order chi connectivity index (χ1) is 34.0. The highest BCUT2D eigenvalue weighted by Crippen LogP contribution is 2.45. The topological polar surface area (TPSA) is 270 Å². The summed E-state index contributed by atoms with van der Waals surface area (Å²) in [5.74, 6) is -4.80. The molecule has 0 spiro atoms. The normalized spacial score (nSPS) is 16.4. The molecule has 2 aliphatic heterocycles. The van der Waals surface area contributed by atoms with Crippen molar-refractivity contribution < 1.29 is 48.1 Å². The van der Waals surface area contributed by atoms with Crippen molar-refractivity contribution >= 4 is 52.5 Å². The number of nitrogens with zero attached hydrogens (tertiary/aromatic N) is 3. The number of rotatable bonds is 18. The van der Waals surface area contributed by atoms with Crippen LogP contribution < -0.4 is 32.6 Å². The molecule has 0 bridgehead atoms. The first kappa shape index (κ1) is 49.5. The molecule has 0 fully saturated rings. The molecule has 3 aromatic carbocycles. The molecule has 370 valence electrons. The lowest BCUT2D eigenvalue weighted by Gasteiger charge is -2.31. The van der Waals surface area contributed by atoms with Crippen LogP contribution in [0.15, 0.2) is 83.7 Å². The van der Waals surface area contributed by atoms with Crippen molar-refractivity contribution in [3.05, 3.63) is 123 Å². The highest BCUT2D eigenvalue weighted by molar-refractivity contribution is 5.96. The van der Waals surface area contributed by atoms with Gasteiger partial charge >= 0.3 is 12.1 Å². The molecule has 0 radical (unpaired) electrons. The lowest BCUT2D eigenvalue weighted by atomic mass is 9.86. The Balaban J connectivity index is 0.871. The third-order valence-corrected chi connectivity index (χ3v) is 13.5. The van der Waals surface area contributed by atoms with Crippen molar-refractivity contribution in [3.63, 3.8) is 0 Å². The van der Waals surface area contributed by atoms with Gasteiger partial charge in [0, 0.05) is 35.5 Å². The van der Waals surface area contributed by atoms with Gasteiger partial charge < -0.3 is 51.0 Å². The van der Waals surface area contributed by atoms with Crippen molar-refractivity contribution in [2.24, 2.45) is 5.73 Å². The molecule has 4 heterocycles. The van der Waals surface area contributed by atoms with Crippen LogP contribution in [0.1, 0.15) is 86.3 Å².